The molecule has 0 spiro atoms. The molecule has 0 radical (unpaired) electrons. The SMILES string of the molecule is O=C(/C=C/c1ccco1)NCc1ccc(N2CCOCC2)cc1C(F)(F)F. The number of carbonyl (C=O) groups excluding carboxylic acids is 1. The first-order valence-electron chi connectivity index (χ1n) is 8.46. The van der Waals surface area contributed by atoms with Gasteiger partial charge in [0.15, 0.2) is 0 Å². The van der Waals surface area contributed by atoms with Crippen molar-refractivity contribution < 1.29 is 27.1 Å². The molecule has 2 heterocycles. The van der Waals surface area contributed by atoms with Crippen molar-refractivity contribution in [3.8, 4) is 0 Å². The van der Waals surface area contributed by atoms with E-state index in [9.17, 15) is 18.0 Å². The molecule has 1 aliphatic heterocycles. The zero-order chi connectivity index (χ0) is 19.3. The zero-order valence-corrected chi connectivity index (χ0v) is 14.5. The molecule has 1 saturated heterocycles. The molecular weight excluding hydrogens is 361 g/mol. The molecule has 1 fully saturated rings. The lowest BCUT2D eigenvalue weighted by molar-refractivity contribution is -0.138. The van der Waals surface area contributed by atoms with Gasteiger partial charge in [-0.3, -0.25) is 4.79 Å². The predicted molar refractivity (Wildman–Crippen MR) is 94.1 cm³/mol. The van der Waals surface area contributed by atoms with Crippen LogP contribution >= 0.6 is 0 Å². The van der Waals surface area contributed by atoms with Crippen molar-refractivity contribution in [2.75, 3.05) is 31.2 Å². The summed E-state index contributed by atoms with van der Waals surface area (Å²) in [6.45, 7) is 1.85. The minimum atomic E-state index is -4.51. The van der Waals surface area contributed by atoms with Gasteiger partial charge in [0.05, 0.1) is 25.0 Å². The van der Waals surface area contributed by atoms with Crippen LogP contribution in [-0.4, -0.2) is 32.2 Å². The van der Waals surface area contributed by atoms with Crippen LogP contribution in [0.4, 0.5) is 18.9 Å². The highest BCUT2D eigenvalue weighted by Crippen LogP contribution is 2.35. The molecule has 2 aromatic rings. The van der Waals surface area contributed by atoms with Crippen molar-refractivity contribution in [2.24, 2.45) is 0 Å². The normalized spacial score (nSPS) is 15.3. The van der Waals surface area contributed by atoms with E-state index in [0.29, 0.717) is 37.8 Å². The Kier molecular flexibility index (Phi) is 5.85. The fourth-order valence-corrected chi connectivity index (χ4v) is 2.79. The third-order valence-corrected chi connectivity index (χ3v) is 4.17. The van der Waals surface area contributed by atoms with Crippen LogP contribution in [0.15, 0.2) is 47.1 Å². The molecule has 1 N–H and O–H groups in total. The van der Waals surface area contributed by atoms with E-state index in [-0.39, 0.29) is 12.1 Å². The molecule has 1 amide bonds. The molecule has 144 valence electrons. The lowest BCUT2D eigenvalue weighted by Crippen LogP contribution is -2.36. The average Bonchev–Trinajstić information content (AvgIpc) is 3.18. The van der Waals surface area contributed by atoms with E-state index >= 15 is 0 Å². The van der Waals surface area contributed by atoms with Gasteiger partial charge in [-0.15, -0.1) is 0 Å². The summed E-state index contributed by atoms with van der Waals surface area (Å²) in [6, 6.07) is 7.51. The van der Waals surface area contributed by atoms with Crippen molar-refractivity contribution in [3.05, 3.63) is 59.6 Å². The van der Waals surface area contributed by atoms with Crippen LogP contribution < -0.4 is 10.2 Å². The second-order valence-electron chi connectivity index (χ2n) is 6.01. The smallest absolute Gasteiger partial charge is 0.416 e. The second kappa shape index (κ2) is 8.30. The molecule has 1 aromatic heterocycles. The minimum absolute atomic E-state index is 0.0132. The summed E-state index contributed by atoms with van der Waals surface area (Å²) in [5, 5.41) is 2.47. The van der Waals surface area contributed by atoms with Gasteiger partial charge in [-0.2, -0.15) is 13.2 Å². The Morgan fingerprint density at radius 3 is 2.67 bits per heavy atom. The first kappa shape index (κ1) is 19.0. The highest BCUT2D eigenvalue weighted by atomic mass is 19.4. The van der Waals surface area contributed by atoms with E-state index in [1.54, 1.807) is 18.2 Å². The molecule has 27 heavy (non-hydrogen) atoms. The molecule has 0 atom stereocenters. The fourth-order valence-electron chi connectivity index (χ4n) is 2.79. The minimum Gasteiger partial charge on any atom is -0.465 e. The van der Waals surface area contributed by atoms with E-state index in [1.807, 2.05) is 4.90 Å². The Morgan fingerprint density at radius 2 is 2.00 bits per heavy atom. The first-order chi connectivity index (χ1) is 12.9. The van der Waals surface area contributed by atoms with Gasteiger partial charge in [0, 0.05) is 31.4 Å². The molecular formula is C19H19F3N2O3. The number of morpholine rings is 1. The Bertz CT molecular complexity index is 795. The van der Waals surface area contributed by atoms with E-state index in [1.165, 1.54) is 24.5 Å². The van der Waals surface area contributed by atoms with Crippen molar-refractivity contribution in [3.63, 3.8) is 0 Å². The molecule has 0 aliphatic carbocycles. The first-order valence-corrected chi connectivity index (χ1v) is 8.46. The monoisotopic (exact) mass is 380 g/mol. The van der Waals surface area contributed by atoms with E-state index in [4.69, 9.17) is 9.15 Å². The van der Waals surface area contributed by atoms with Crippen molar-refractivity contribution in [1.29, 1.82) is 0 Å². The summed E-state index contributed by atoms with van der Waals surface area (Å²) in [7, 11) is 0. The zero-order valence-electron chi connectivity index (χ0n) is 14.5. The standard InChI is InChI=1S/C19H19F3N2O3/c20-19(21,22)17-12-15(24-7-10-26-11-8-24)4-3-14(17)13-23-18(25)6-5-16-2-1-9-27-16/h1-6,9,12H,7-8,10-11,13H2,(H,23,25)/b6-5+. The second-order valence-corrected chi connectivity index (χ2v) is 6.01. The van der Waals surface area contributed by atoms with Gasteiger partial charge < -0.3 is 19.4 Å². The number of benzene rings is 1. The quantitative estimate of drug-likeness (QED) is 0.808. The maximum Gasteiger partial charge on any atom is 0.416 e. The Morgan fingerprint density at radius 1 is 1.22 bits per heavy atom. The van der Waals surface area contributed by atoms with Crippen molar-refractivity contribution >= 4 is 17.7 Å². The molecule has 0 unspecified atom stereocenters. The number of carbonyl (C=O) groups is 1. The van der Waals surface area contributed by atoms with Crippen LogP contribution in [0.5, 0.6) is 0 Å². The van der Waals surface area contributed by atoms with Crippen LogP contribution in [0.25, 0.3) is 6.08 Å². The molecule has 3 rings (SSSR count). The Hall–Kier alpha value is -2.74. The van der Waals surface area contributed by atoms with Crippen LogP contribution in [-0.2, 0) is 22.3 Å². The average molecular weight is 380 g/mol. The molecule has 1 aliphatic rings. The number of halogens is 3. The van der Waals surface area contributed by atoms with E-state index < -0.39 is 17.6 Å². The van der Waals surface area contributed by atoms with Crippen molar-refractivity contribution in [1.82, 2.24) is 5.32 Å². The number of hydrogen-bond acceptors (Lipinski definition) is 4. The van der Waals surface area contributed by atoms with Crippen LogP contribution in [0.1, 0.15) is 16.9 Å². The summed E-state index contributed by atoms with van der Waals surface area (Å²) >= 11 is 0. The van der Waals surface area contributed by atoms with Gasteiger partial charge in [0.1, 0.15) is 5.76 Å². The Balaban J connectivity index is 1.71. The van der Waals surface area contributed by atoms with E-state index in [2.05, 4.69) is 5.32 Å². The van der Waals surface area contributed by atoms with Gasteiger partial charge in [-0.05, 0) is 35.9 Å². The highest BCUT2D eigenvalue weighted by Gasteiger charge is 2.34. The summed E-state index contributed by atoms with van der Waals surface area (Å²) < 4.78 is 50.7. The van der Waals surface area contributed by atoms with Crippen LogP contribution in [0, 0.1) is 0 Å². The molecule has 1 aromatic carbocycles. The lowest BCUT2D eigenvalue weighted by Gasteiger charge is -2.29. The molecule has 0 bridgehead atoms. The number of furan rings is 1. The van der Waals surface area contributed by atoms with Gasteiger partial charge >= 0.3 is 6.18 Å². The lowest BCUT2D eigenvalue weighted by atomic mass is 10.0. The third-order valence-electron chi connectivity index (χ3n) is 4.17. The topological polar surface area (TPSA) is 54.7 Å². The number of amides is 1. The van der Waals surface area contributed by atoms with E-state index in [0.717, 1.165) is 6.07 Å². The van der Waals surface area contributed by atoms with Gasteiger partial charge in [-0.25, -0.2) is 0 Å². The molecule has 5 nitrogen and oxygen atoms in total. The number of alkyl halides is 3. The number of anilines is 1. The maximum atomic E-state index is 13.5. The third kappa shape index (κ3) is 5.13. The van der Waals surface area contributed by atoms with Gasteiger partial charge in [-0.1, -0.05) is 6.07 Å². The van der Waals surface area contributed by atoms with Gasteiger partial charge in [0.25, 0.3) is 0 Å². The number of nitrogens with zero attached hydrogens (tertiary/aromatic N) is 1. The fraction of sp³-hybridized carbons (Fsp3) is 0.316. The van der Waals surface area contributed by atoms with Crippen LogP contribution in [0.2, 0.25) is 0 Å². The summed E-state index contributed by atoms with van der Waals surface area (Å²) in [6.07, 6.45) is -0.384. The Labute approximate surface area is 154 Å². The molecule has 8 heteroatoms. The number of nitrogens with one attached hydrogen (secondary N) is 1. The van der Waals surface area contributed by atoms with Crippen LogP contribution in [0.3, 0.4) is 0 Å². The number of rotatable bonds is 5. The number of hydrogen-bond donors (Lipinski definition) is 1. The summed E-state index contributed by atoms with van der Waals surface area (Å²) in [5.41, 5.74) is -0.237. The largest absolute Gasteiger partial charge is 0.465 e. The summed E-state index contributed by atoms with van der Waals surface area (Å²) in [5.74, 6) is -0.0206. The molecule has 0 saturated carbocycles. The number of ether oxygens (including phenoxy) is 1. The highest BCUT2D eigenvalue weighted by molar-refractivity contribution is 5.91. The predicted octanol–water partition coefficient (Wildman–Crippen LogP) is 3.46. The van der Waals surface area contributed by atoms with Gasteiger partial charge in [0.2, 0.25) is 5.91 Å². The summed E-state index contributed by atoms with van der Waals surface area (Å²) in [4.78, 5) is 13.7. The van der Waals surface area contributed by atoms with Crippen molar-refractivity contribution in [2.45, 2.75) is 12.7 Å². The maximum absolute atomic E-state index is 13.5.